The first kappa shape index (κ1) is 13.0. The van der Waals surface area contributed by atoms with Gasteiger partial charge in [0.1, 0.15) is 23.7 Å². The van der Waals surface area contributed by atoms with E-state index in [4.69, 9.17) is 10.5 Å². The lowest BCUT2D eigenvalue weighted by atomic mass is 10.0. The molecule has 3 heterocycles. The van der Waals surface area contributed by atoms with Gasteiger partial charge in [0, 0.05) is 5.92 Å². The van der Waals surface area contributed by atoms with Crippen molar-refractivity contribution in [3.8, 4) is 0 Å². The van der Waals surface area contributed by atoms with Crippen LogP contribution in [0.5, 0.6) is 0 Å². The number of nitrogens with two attached hydrogens (primary N) is 1. The molecule has 4 unspecified atom stereocenters. The Morgan fingerprint density at radius 2 is 2.35 bits per heavy atom. The van der Waals surface area contributed by atoms with Gasteiger partial charge in [0.25, 0.3) is 0 Å². The maximum absolute atomic E-state index is 11.4. The summed E-state index contributed by atoms with van der Waals surface area (Å²) in [5.74, 6) is -0.157. The third-order valence-electron chi connectivity index (χ3n) is 3.61. The smallest absolute Gasteiger partial charge is 0.348 e. The zero-order valence-corrected chi connectivity index (χ0v) is 10.7. The van der Waals surface area contributed by atoms with Crippen molar-refractivity contribution in [2.24, 2.45) is 5.92 Å². The van der Waals surface area contributed by atoms with Crippen molar-refractivity contribution >= 4 is 17.0 Å². The summed E-state index contributed by atoms with van der Waals surface area (Å²) in [6.45, 7) is 1.50. The molecule has 9 nitrogen and oxygen atoms in total. The summed E-state index contributed by atoms with van der Waals surface area (Å²) in [4.78, 5) is 21.7. The molecule has 1 aliphatic rings. The number of rotatable bonds is 2. The second-order valence-electron chi connectivity index (χ2n) is 4.88. The Labute approximate surface area is 113 Å². The molecule has 5 N–H and O–H groups in total. The van der Waals surface area contributed by atoms with E-state index in [1.54, 1.807) is 11.5 Å². The van der Waals surface area contributed by atoms with E-state index in [9.17, 15) is 15.0 Å². The first-order valence-electron chi connectivity index (χ1n) is 6.19. The van der Waals surface area contributed by atoms with Crippen LogP contribution in [0.25, 0.3) is 11.2 Å². The maximum Gasteiger partial charge on any atom is 0.348 e. The molecule has 1 aliphatic heterocycles. The SMILES string of the molecule is CC1C(O)C(CO)OC1n1cnc2c(N)[nH]c(=O)nc21. The normalized spacial score (nSPS) is 30.1. The highest BCUT2D eigenvalue weighted by atomic mass is 16.5. The number of nitrogens with zero attached hydrogens (tertiary/aromatic N) is 3. The quantitative estimate of drug-likeness (QED) is 0.530. The second kappa shape index (κ2) is 4.54. The maximum atomic E-state index is 11.4. The predicted octanol–water partition coefficient (Wildman–Crippen LogP) is -1.41. The van der Waals surface area contributed by atoms with Gasteiger partial charge in [-0.1, -0.05) is 6.92 Å². The Hall–Kier alpha value is -1.97. The van der Waals surface area contributed by atoms with Crippen molar-refractivity contribution < 1.29 is 14.9 Å². The molecule has 4 atom stereocenters. The minimum Gasteiger partial charge on any atom is -0.394 e. The number of anilines is 1. The summed E-state index contributed by atoms with van der Waals surface area (Å²) in [5.41, 5.74) is 5.75. The van der Waals surface area contributed by atoms with Gasteiger partial charge < -0.3 is 20.7 Å². The fourth-order valence-electron chi connectivity index (χ4n) is 2.50. The molecule has 2 aromatic heterocycles. The molecule has 1 saturated heterocycles. The van der Waals surface area contributed by atoms with Crippen molar-refractivity contribution in [1.82, 2.24) is 19.5 Å². The van der Waals surface area contributed by atoms with E-state index < -0.39 is 24.1 Å². The second-order valence-corrected chi connectivity index (χ2v) is 4.88. The Balaban J connectivity index is 2.09. The van der Waals surface area contributed by atoms with Gasteiger partial charge in [-0.25, -0.2) is 9.78 Å². The number of imidazole rings is 1. The molecule has 0 aromatic carbocycles. The number of aliphatic hydroxyl groups excluding tert-OH is 2. The predicted molar refractivity (Wildman–Crippen MR) is 68.7 cm³/mol. The summed E-state index contributed by atoms with van der Waals surface area (Å²) in [6, 6.07) is 0. The fourth-order valence-corrected chi connectivity index (χ4v) is 2.50. The fraction of sp³-hybridized carbons (Fsp3) is 0.545. The van der Waals surface area contributed by atoms with Gasteiger partial charge in [0.05, 0.1) is 19.0 Å². The number of H-pyrrole nitrogens is 1. The lowest BCUT2D eigenvalue weighted by Crippen LogP contribution is -2.28. The molecule has 0 saturated carbocycles. The number of aliphatic hydroxyl groups is 2. The van der Waals surface area contributed by atoms with Crippen molar-refractivity contribution in [3.63, 3.8) is 0 Å². The van der Waals surface area contributed by atoms with Crippen LogP contribution in [-0.4, -0.2) is 48.5 Å². The molecule has 20 heavy (non-hydrogen) atoms. The highest BCUT2D eigenvalue weighted by Crippen LogP contribution is 2.35. The van der Waals surface area contributed by atoms with E-state index >= 15 is 0 Å². The third kappa shape index (κ3) is 1.79. The van der Waals surface area contributed by atoms with E-state index in [0.717, 1.165) is 0 Å². The average molecular weight is 281 g/mol. The molecule has 9 heteroatoms. The minimum absolute atomic E-state index is 0.128. The number of ether oxygens (including phenoxy) is 1. The molecule has 0 radical (unpaired) electrons. The summed E-state index contributed by atoms with van der Waals surface area (Å²) in [7, 11) is 0. The molecule has 1 fully saturated rings. The van der Waals surface area contributed by atoms with E-state index in [0.29, 0.717) is 5.52 Å². The number of nitrogens with one attached hydrogen (secondary N) is 1. The van der Waals surface area contributed by atoms with Gasteiger partial charge >= 0.3 is 5.69 Å². The topological polar surface area (TPSA) is 139 Å². The summed E-state index contributed by atoms with van der Waals surface area (Å²) in [5, 5.41) is 19.1. The monoisotopic (exact) mass is 281 g/mol. The van der Waals surface area contributed by atoms with E-state index in [2.05, 4.69) is 15.0 Å². The van der Waals surface area contributed by atoms with Gasteiger partial charge in [-0.15, -0.1) is 0 Å². The third-order valence-corrected chi connectivity index (χ3v) is 3.61. The molecule has 0 spiro atoms. The van der Waals surface area contributed by atoms with Crippen LogP contribution in [0.1, 0.15) is 13.2 Å². The van der Waals surface area contributed by atoms with Gasteiger partial charge in [-0.3, -0.25) is 9.55 Å². The minimum atomic E-state index is -0.804. The van der Waals surface area contributed by atoms with Crippen LogP contribution >= 0.6 is 0 Å². The standard InChI is InChI=1S/C11H15N5O4/c1-4-7(18)5(2-17)20-10(4)16-3-13-6-8(12)14-11(19)15-9(6)16/h3-5,7,10,17-18H,2H2,1H3,(H3,12,14,15,19). The number of hydrogen-bond donors (Lipinski definition) is 4. The Kier molecular flexibility index (Phi) is 2.96. The zero-order chi connectivity index (χ0) is 14.4. The van der Waals surface area contributed by atoms with Crippen LogP contribution in [0, 0.1) is 5.92 Å². The number of nitrogen functional groups attached to an aromatic ring is 1. The van der Waals surface area contributed by atoms with Crippen molar-refractivity contribution in [2.45, 2.75) is 25.4 Å². The molecule has 0 amide bonds. The van der Waals surface area contributed by atoms with Gasteiger partial charge in [-0.05, 0) is 0 Å². The summed E-state index contributed by atoms with van der Waals surface area (Å²) in [6.07, 6.45) is -0.593. The molecular weight excluding hydrogens is 266 g/mol. The highest BCUT2D eigenvalue weighted by Gasteiger charge is 2.42. The van der Waals surface area contributed by atoms with Crippen molar-refractivity contribution in [3.05, 3.63) is 16.8 Å². The van der Waals surface area contributed by atoms with Crippen molar-refractivity contribution in [1.29, 1.82) is 0 Å². The molecule has 2 aromatic rings. The van der Waals surface area contributed by atoms with Crippen LogP contribution < -0.4 is 11.4 Å². The van der Waals surface area contributed by atoms with E-state index in [-0.39, 0.29) is 24.0 Å². The highest BCUT2D eigenvalue weighted by molar-refractivity contribution is 5.81. The Morgan fingerprint density at radius 1 is 1.60 bits per heavy atom. The van der Waals surface area contributed by atoms with Crippen LogP contribution in [0.15, 0.2) is 11.1 Å². The lowest BCUT2D eigenvalue weighted by Gasteiger charge is -2.17. The average Bonchev–Trinajstić information content (AvgIpc) is 2.93. The van der Waals surface area contributed by atoms with Crippen LogP contribution in [0.4, 0.5) is 5.82 Å². The van der Waals surface area contributed by atoms with Crippen molar-refractivity contribution in [2.75, 3.05) is 12.3 Å². The lowest BCUT2D eigenvalue weighted by molar-refractivity contribution is -0.0447. The van der Waals surface area contributed by atoms with E-state index in [1.807, 2.05) is 0 Å². The number of hydrogen-bond acceptors (Lipinski definition) is 7. The first-order chi connectivity index (χ1) is 9.52. The van der Waals surface area contributed by atoms with E-state index in [1.165, 1.54) is 6.33 Å². The van der Waals surface area contributed by atoms with Gasteiger partial charge in [0.2, 0.25) is 0 Å². The zero-order valence-electron chi connectivity index (χ0n) is 10.7. The summed E-state index contributed by atoms with van der Waals surface area (Å²) < 4.78 is 7.14. The molecule has 0 bridgehead atoms. The Morgan fingerprint density at radius 3 is 3.00 bits per heavy atom. The first-order valence-corrected chi connectivity index (χ1v) is 6.19. The number of aromatic nitrogens is 4. The number of aromatic amines is 1. The van der Waals surface area contributed by atoms with Crippen LogP contribution in [-0.2, 0) is 4.74 Å². The largest absolute Gasteiger partial charge is 0.394 e. The molecular formula is C11H15N5O4. The van der Waals surface area contributed by atoms with Gasteiger partial charge in [-0.2, -0.15) is 4.98 Å². The van der Waals surface area contributed by atoms with Crippen LogP contribution in [0.3, 0.4) is 0 Å². The molecule has 3 rings (SSSR count). The molecule has 108 valence electrons. The van der Waals surface area contributed by atoms with Crippen LogP contribution in [0.2, 0.25) is 0 Å². The Bertz CT molecular complexity index is 696. The summed E-state index contributed by atoms with van der Waals surface area (Å²) >= 11 is 0. The number of fused-ring (bicyclic) bond motifs is 1. The van der Waals surface area contributed by atoms with Gasteiger partial charge in [0.15, 0.2) is 5.65 Å². The molecule has 0 aliphatic carbocycles.